The van der Waals surface area contributed by atoms with Crippen LogP contribution in [0, 0.1) is 17.1 Å². The molecule has 0 bridgehead atoms. The minimum absolute atomic E-state index is 0.311. The molecule has 134 valence electrons. The van der Waals surface area contributed by atoms with Crippen LogP contribution in [0.25, 0.3) is 0 Å². The van der Waals surface area contributed by atoms with Crippen LogP contribution in [0.4, 0.5) is 4.39 Å². The van der Waals surface area contributed by atoms with E-state index in [1.165, 1.54) is 12.1 Å². The van der Waals surface area contributed by atoms with Gasteiger partial charge in [0.25, 0.3) is 0 Å². The van der Waals surface area contributed by atoms with Crippen molar-refractivity contribution in [3.63, 3.8) is 0 Å². The van der Waals surface area contributed by atoms with Crippen molar-refractivity contribution in [3.05, 3.63) is 35.1 Å². The summed E-state index contributed by atoms with van der Waals surface area (Å²) in [4.78, 5) is 9.03. The molecule has 0 aromatic heterocycles. The SMILES string of the molecule is CN=C(NCc1cc(C#N)ccc1F)N1CCC(N2CCOCC2)C1. The van der Waals surface area contributed by atoms with Crippen molar-refractivity contribution in [1.82, 2.24) is 15.1 Å². The van der Waals surface area contributed by atoms with Gasteiger partial charge >= 0.3 is 0 Å². The fourth-order valence-corrected chi connectivity index (χ4v) is 3.46. The first kappa shape index (κ1) is 17.6. The summed E-state index contributed by atoms with van der Waals surface area (Å²) in [6, 6.07) is 6.96. The predicted molar refractivity (Wildman–Crippen MR) is 93.7 cm³/mol. The summed E-state index contributed by atoms with van der Waals surface area (Å²) < 4.78 is 19.3. The van der Waals surface area contributed by atoms with E-state index in [2.05, 4.69) is 20.1 Å². The molecule has 0 radical (unpaired) electrons. The molecule has 1 unspecified atom stereocenters. The monoisotopic (exact) mass is 345 g/mol. The number of aliphatic imine (C=N–C) groups is 1. The zero-order valence-corrected chi connectivity index (χ0v) is 14.5. The molecule has 7 heteroatoms. The molecule has 2 heterocycles. The fourth-order valence-electron chi connectivity index (χ4n) is 3.46. The van der Waals surface area contributed by atoms with Gasteiger partial charge in [-0.05, 0) is 24.6 Å². The first-order valence-electron chi connectivity index (χ1n) is 8.67. The van der Waals surface area contributed by atoms with Gasteiger partial charge in [0.05, 0.1) is 24.8 Å². The lowest BCUT2D eigenvalue weighted by atomic mass is 10.1. The molecular formula is C18H24FN5O. The van der Waals surface area contributed by atoms with E-state index in [0.717, 1.165) is 51.8 Å². The number of morpholine rings is 1. The highest BCUT2D eigenvalue weighted by Crippen LogP contribution is 2.17. The second kappa shape index (κ2) is 8.28. The van der Waals surface area contributed by atoms with Gasteiger partial charge in [-0.2, -0.15) is 5.26 Å². The van der Waals surface area contributed by atoms with Gasteiger partial charge in [0.1, 0.15) is 5.82 Å². The Bertz CT molecular complexity index is 666. The van der Waals surface area contributed by atoms with Gasteiger partial charge < -0.3 is 15.0 Å². The van der Waals surface area contributed by atoms with Crippen LogP contribution < -0.4 is 5.32 Å². The van der Waals surface area contributed by atoms with Crippen molar-refractivity contribution in [3.8, 4) is 6.07 Å². The molecule has 0 aliphatic carbocycles. The summed E-state index contributed by atoms with van der Waals surface area (Å²) in [5.74, 6) is 0.465. The molecule has 6 nitrogen and oxygen atoms in total. The Balaban J connectivity index is 1.57. The highest BCUT2D eigenvalue weighted by atomic mass is 19.1. The highest BCUT2D eigenvalue weighted by Gasteiger charge is 2.30. The molecule has 1 atom stereocenters. The zero-order chi connectivity index (χ0) is 17.6. The van der Waals surface area contributed by atoms with Gasteiger partial charge in [0.2, 0.25) is 0 Å². The number of ether oxygens (including phenoxy) is 1. The Morgan fingerprint density at radius 3 is 2.92 bits per heavy atom. The quantitative estimate of drug-likeness (QED) is 0.658. The number of likely N-dealkylation sites (tertiary alicyclic amines) is 1. The van der Waals surface area contributed by atoms with Crippen molar-refractivity contribution < 1.29 is 9.13 Å². The van der Waals surface area contributed by atoms with Crippen molar-refractivity contribution in [1.29, 1.82) is 5.26 Å². The number of hydrogen-bond donors (Lipinski definition) is 1. The van der Waals surface area contributed by atoms with E-state index in [-0.39, 0.29) is 5.82 Å². The van der Waals surface area contributed by atoms with Crippen LogP contribution in [0.2, 0.25) is 0 Å². The normalized spacial score (nSPS) is 22.0. The standard InChI is InChI=1S/C18H24FN5O/c1-21-18(22-12-15-10-14(11-20)2-3-17(15)19)24-5-4-16(13-24)23-6-8-25-9-7-23/h2-3,10,16H,4-9,12-13H2,1H3,(H,21,22). The smallest absolute Gasteiger partial charge is 0.193 e. The number of nitrogens with one attached hydrogen (secondary N) is 1. The summed E-state index contributed by atoms with van der Waals surface area (Å²) in [7, 11) is 1.74. The van der Waals surface area contributed by atoms with Gasteiger partial charge in [-0.1, -0.05) is 0 Å². The Labute approximate surface area is 147 Å². The van der Waals surface area contributed by atoms with Gasteiger partial charge in [-0.3, -0.25) is 9.89 Å². The maximum absolute atomic E-state index is 13.9. The molecule has 1 aromatic rings. The van der Waals surface area contributed by atoms with Crippen LogP contribution in [0.3, 0.4) is 0 Å². The van der Waals surface area contributed by atoms with Crippen LogP contribution in [0.15, 0.2) is 23.2 Å². The zero-order valence-electron chi connectivity index (χ0n) is 14.5. The van der Waals surface area contributed by atoms with Gasteiger partial charge in [-0.15, -0.1) is 0 Å². The number of guanidine groups is 1. The van der Waals surface area contributed by atoms with Crippen molar-refractivity contribution in [2.75, 3.05) is 46.4 Å². The summed E-state index contributed by atoms with van der Waals surface area (Å²) in [5.41, 5.74) is 0.936. The predicted octanol–water partition coefficient (Wildman–Crippen LogP) is 1.18. The number of hydrogen-bond acceptors (Lipinski definition) is 4. The van der Waals surface area contributed by atoms with E-state index >= 15 is 0 Å². The molecule has 0 amide bonds. The second-order valence-electron chi connectivity index (χ2n) is 6.36. The van der Waals surface area contributed by atoms with Crippen LogP contribution in [-0.4, -0.2) is 68.2 Å². The summed E-state index contributed by atoms with van der Waals surface area (Å²) in [6.45, 7) is 5.74. The number of rotatable bonds is 3. The Hall–Kier alpha value is -2.17. The maximum Gasteiger partial charge on any atom is 0.193 e. The minimum Gasteiger partial charge on any atom is -0.379 e. The van der Waals surface area contributed by atoms with Crippen molar-refractivity contribution in [2.24, 2.45) is 4.99 Å². The Morgan fingerprint density at radius 1 is 1.40 bits per heavy atom. The van der Waals surface area contributed by atoms with Gasteiger partial charge in [0, 0.05) is 51.4 Å². The topological polar surface area (TPSA) is 63.9 Å². The van der Waals surface area contributed by atoms with E-state index in [0.29, 0.717) is 23.7 Å². The number of benzene rings is 1. The lowest BCUT2D eigenvalue weighted by Crippen LogP contribution is -2.46. The van der Waals surface area contributed by atoms with Gasteiger partial charge in [0.15, 0.2) is 5.96 Å². The summed E-state index contributed by atoms with van der Waals surface area (Å²) in [6.07, 6.45) is 1.10. The molecule has 1 aromatic carbocycles. The van der Waals surface area contributed by atoms with Crippen LogP contribution in [-0.2, 0) is 11.3 Å². The molecule has 3 rings (SSSR count). The Morgan fingerprint density at radius 2 is 2.20 bits per heavy atom. The molecular weight excluding hydrogens is 321 g/mol. The van der Waals surface area contributed by atoms with Crippen molar-refractivity contribution in [2.45, 2.75) is 19.0 Å². The molecule has 1 N–H and O–H groups in total. The van der Waals surface area contributed by atoms with Crippen LogP contribution in [0.5, 0.6) is 0 Å². The largest absolute Gasteiger partial charge is 0.379 e. The maximum atomic E-state index is 13.9. The van der Waals surface area contributed by atoms with Crippen LogP contribution >= 0.6 is 0 Å². The van der Waals surface area contributed by atoms with Crippen molar-refractivity contribution >= 4 is 5.96 Å². The second-order valence-corrected chi connectivity index (χ2v) is 6.36. The van der Waals surface area contributed by atoms with Gasteiger partial charge in [-0.25, -0.2) is 4.39 Å². The average molecular weight is 345 g/mol. The first-order valence-corrected chi connectivity index (χ1v) is 8.67. The Kier molecular flexibility index (Phi) is 5.84. The van der Waals surface area contributed by atoms with E-state index in [4.69, 9.17) is 10.00 Å². The minimum atomic E-state index is -0.311. The first-order chi connectivity index (χ1) is 12.2. The average Bonchev–Trinajstić information content (AvgIpc) is 3.14. The summed E-state index contributed by atoms with van der Waals surface area (Å²) in [5, 5.41) is 12.2. The van der Waals surface area contributed by atoms with E-state index in [1.54, 1.807) is 13.1 Å². The van der Waals surface area contributed by atoms with E-state index < -0.39 is 0 Å². The molecule has 2 aliphatic rings. The number of halogens is 1. The third kappa shape index (κ3) is 4.27. The molecule has 2 aliphatic heterocycles. The highest BCUT2D eigenvalue weighted by molar-refractivity contribution is 5.80. The molecule has 25 heavy (non-hydrogen) atoms. The molecule has 0 spiro atoms. The third-order valence-corrected chi connectivity index (χ3v) is 4.85. The number of nitriles is 1. The molecule has 2 saturated heterocycles. The van der Waals surface area contributed by atoms with E-state index in [9.17, 15) is 4.39 Å². The van der Waals surface area contributed by atoms with E-state index in [1.807, 2.05) is 6.07 Å². The lowest BCUT2D eigenvalue weighted by Gasteiger charge is -2.32. The third-order valence-electron chi connectivity index (χ3n) is 4.85. The number of nitrogens with zero attached hydrogens (tertiary/aromatic N) is 4. The molecule has 0 saturated carbocycles. The van der Waals surface area contributed by atoms with Crippen LogP contribution in [0.1, 0.15) is 17.5 Å². The lowest BCUT2D eigenvalue weighted by molar-refractivity contribution is 0.0195. The fraction of sp³-hybridized carbons (Fsp3) is 0.556. The summed E-state index contributed by atoms with van der Waals surface area (Å²) >= 11 is 0. The molecule has 2 fully saturated rings.